The second-order valence-electron chi connectivity index (χ2n) is 7.34. The van der Waals surface area contributed by atoms with Crippen molar-refractivity contribution in [2.45, 2.75) is 13.2 Å². The van der Waals surface area contributed by atoms with Gasteiger partial charge < -0.3 is 24.8 Å². The lowest BCUT2D eigenvalue weighted by Crippen LogP contribution is -2.23. The van der Waals surface area contributed by atoms with E-state index < -0.39 is 5.91 Å². The molecule has 0 aliphatic heterocycles. The number of anilines is 1. The first-order valence-corrected chi connectivity index (χ1v) is 11.6. The average molecular weight is 506 g/mol. The van der Waals surface area contributed by atoms with Gasteiger partial charge in [0.1, 0.15) is 12.4 Å². The Hall–Kier alpha value is -4.51. The van der Waals surface area contributed by atoms with E-state index in [-0.39, 0.29) is 17.5 Å². The summed E-state index contributed by atoms with van der Waals surface area (Å²) in [4.78, 5) is 29.1. The van der Waals surface area contributed by atoms with Crippen LogP contribution in [0, 0.1) is 0 Å². The lowest BCUT2D eigenvalue weighted by Gasteiger charge is -2.09. The van der Waals surface area contributed by atoms with Crippen LogP contribution in [0.5, 0.6) is 17.2 Å². The highest BCUT2D eigenvalue weighted by Crippen LogP contribution is 2.31. The zero-order chi connectivity index (χ0) is 25.3. The average Bonchev–Trinajstić information content (AvgIpc) is 3.41. The number of benzene rings is 2. The number of carbonyl (C=O) groups excluding carboxylic acids is 2. The number of amides is 2. The Bertz CT molecular complexity index is 1330. The van der Waals surface area contributed by atoms with Crippen molar-refractivity contribution in [2.24, 2.45) is 0 Å². The summed E-state index contributed by atoms with van der Waals surface area (Å²) in [6.07, 6.45) is 1.67. The molecule has 0 unspecified atom stereocenters. The molecule has 0 bridgehead atoms. The Kier molecular flexibility index (Phi) is 8.04. The molecule has 0 saturated carbocycles. The maximum absolute atomic E-state index is 12.6. The van der Waals surface area contributed by atoms with Crippen molar-refractivity contribution in [3.63, 3.8) is 0 Å². The van der Waals surface area contributed by atoms with Crippen molar-refractivity contribution in [3.8, 4) is 17.2 Å². The minimum atomic E-state index is -0.405. The molecule has 2 heterocycles. The summed E-state index contributed by atoms with van der Waals surface area (Å²) in [5.41, 5.74) is 1.76. The highest BCUT2D eigenvalue weighted by molar-refractivity contribution is 7.13. The Labute approximate surface area is 211 Å². The maximum atomic E-state index is 12.6. The summed E-state index contributed by atoms with van der Waals surface area (Å²) in [5.74, 6) is 1.07. The first-order chi connectivity index (χ1) is 17.6. The molecule has 2 amide bonds. The van der Waals surface area contributed by atoms with Gasteiger partial charge in [0.15, 0.2) is 16.5 Å². The number of hydrogen-bond acceptors (Lipinski definition) is 9. The number of hydrogen-bond donors (Lipinski definition) is 2. The molecular weight excluding hydrogens is 482 g/mol. The van der Waals surface area contributed by atoms with E-state index in [0.717, 1.165) is 17.0 Å². The number of methoxy groups -OCH3 is 2. The third-order valence-corrected chi connectivity index (χ3v) is 5.84. The quantitative estimate of drug-likeness (QED) is 0.334. The van der Waals surface area contributed by atoms with Crippen LogP contribution < -0.4 is 24.8 Å². The van der Waals surface area contributed by atoms with Crippen molar-refractivity contribution in [1.82, 2.24) is 20.5 Å². The van der Waals surface area contributed by atoms with Gasteiger partial charge in [-0.25, -0.2) is 0 Å². The van der Waals surface area contributed by atoms with Crippen LogP contribution in [0.2, 0.25) is 0 Å². The monoisotopic (exact) mass is 505 g/mol. The Morgan fingerprint density at radius 1 is 0.917 bits per heavy atom. The highest BCUT2D eigenvalue weighted by Gasteiger charge is 2.15. The first kappa shape index (κ1) is 24.6. The van der Waals surface area contributed by atoms with Crippen LogP contribution in [-0.2, 0) is 13.2 Å². The molecule has 4 rings (SSSR count). The standard InChI is InChI=1S/C25H23N5O5S/c1-33-20-11-10-19(13-21(20)34-2)35-15-22-29-30-25(36-22)24(32)28-17-8-6-16(7-9-17)23(31)27-14-18-5-3-4-12-26-18/h3-13H,14-15H2,1-2H3,(H,27,31)(H,28,32). The molecule has 0 saturated heterocycles. The highest BCUT2D eigenvalue weighted by atomic mass is 32.1. The number of aromatic nitrogens is 3. The van der Waals surface area contributed by atoms with Gasteiger partial charge >= 0.3 is 0 Å². The van der Waals surface area contributed by atoms with Crippen molar-refractivity contribution in [2.75, 3.05) is 19.5 Å². The van der Waals surface area contributed by atoms with Gasteiger partial charge in [-0.3, -0.25) is 14.6 Å². The maximum Gasteiger partial charge on any atom is 0.286 e. The van der Waals surface area contributed by atoms with Gasteiger partial charge in [0.2, 0.25) is 5.01 Å². The lowest BCUT2D eigenvalue weighted by atomic mass is 10.2. The molecule has 2 aromatic heterocycles. The minimum Gasteiger partial charge on any atom is -0.493 e. The van der Waals surface area contributed by atoms with Crippen LogP contribution >= 0.6 is 11.3 Å². The molecule has 11 heteroatoms. The SMILES string of the molecule is COc1ccc(OCc2nnc(C(=O)Nc3ccc(C(=O)NCc4ccccn4)cc3)s2)cc1OC. The number of pyridine rings is 1. The van der Waals surface area contributed by atoms with Gasteiger partial charge in [0.05, 0.1) is 26.5 Å². The van der Waals surface area contributed by atoms with Crippen LogP contribution in [0.4, 0.5) is 5.69 Å². The van der Waals surface area contributed by atoms with Crippen LogP contribution in [0.3, 0.4) is 0 Å². The molecule has 184 valence electrons. The van der Waals surface area contributed by atoms with Crippen LogP contribution in [0.25, 0.3) is 0 Å². The molecule has 10 nitrogen and oxygen atoms in total. The van der Waals surface area contributed by atoms with E-state index in [0.29, 0.717) is 40.1 Å². The van der Waals surface area contributed by atoms with E-state index in [2.05, 4.69) is 25.8 Å². The molecule has 0 radical (unpaired) electrons. The molecule has 2 N–H and O–H groups in total. The Morgan fingerprint density at radius 3 is 2.44 bits per heavy atom. The number of carbonyl (C=O) groups is 2. The fourth-order valence-corrected chi connectivity index (χ4v) is 3.77. The molecule has 0 atom stereocenters. The number of ether oxygens (including phenoxy) is 3. The second kappa shape index (κ2) is 11.8. The van der Waals surface area contributed by atoms with E-state index >= 15 is 0 Å². The van der Waals surface area contributed by atoms with Crippen LogP contribution in [0.15, 0.2) is 66.9 Å². The molecule has 36 heavy (non-hydrogen) atoms. The summed E-state index contributed by atoms with van der Waals surface area (Å²) in [7, 11) is 3.10. The summed E-state index contributed by atoms with van der Waals surface area (Å²) in [6.45, 7) is 0.468. The van der Waals surface area contributed by atoms with E-state index in [1.54, 1.807) is 62.9 Å². The molecule has 0 aliphatic rings. The molecule has 0 fully saturated rings. The largest absolute Gasteiger partial charge is 0.493 e. The van der Waals surface area contributed by atoms with E-state index in [4.69, 9.17) is 14.2 Å². The summed E-state index contributed by atoms with van der Waals surface area (Å²) < 4.78 is 16.2. The Morgan fingerprint density at radius 2 is 1.72 bits per heavy atom. The van der Waals surface area contributed by atoms with Crippen LogP contribution in [0.1, 0.15) is 30.9 Å². The minimum absolute atomic E-state index is 0.142. The summed E-state index contributed by atoms with van der Waals surface area (Å²) >= 11 is 1.12. The van der Waals surface area contributed by atoms with Crippen molar-refractivity contribution < 1.29 is 23.8 Å². The van der Waals surface area contributed by atoms with Crippen molar-refractivity contribution in [1.29, 1.82) is 0 Å². The predicted molar refractivity (Wildman–Crippen MR) is 134 cm³/mol. The molecule has 4 aromatic rings. The fraction of sp³-hybridized carbons (Fsp3) is 0.160. The number of nitrogens with one attached hydrogen (secondary N) is 2. The smallest absolute Gasteiger partial charge is 0.286 e. The zero-order valence-corrected chi connectivity index (χ0v) is 20.4. The second-order valence-corrected chi connectivity index (χ2v) is 8.40. The number of rotatable bonds is 10. The zero-order valence-electron chi connectivity index (χ0n) is 19.6. The summed E-state index contributed by atoms with van der Waals surface area (Å²) in [5, 5.41) is 14.3. The first-order valence-electron chi connectivity index (χ1n) is 10.8. The number of nitrogens with zero attached hydrogens (tertiary/aromatic N) is 3. The van der Waals surface area contributed by atoms with Gasteiger partial charge in [-0.2, -0.15) is 0 Å². The molecule has 0 aliphatic carbocycles. The van der Waals surface area contributed by atoms with Gasteiger partial charge in [0.25, 0.3) is 11.8 Å². The predicted octanol–water partition coefficient (Wildman–Crippen LogP) is 3.71. The van der Waals surface area contributed by atoms with Crippen molar-refractivity contribution >= 4 is 28.8 Å². The summed E-state index contributed by atoms with van der Waals surface area (Å²) in [6, 6.07) is 17.3. The topological polar surface area (TPSA) is 125 Å². The fourth-order valence-electron chi connectivity index (χ4n) is 3.12. The molecule has 0 spiro atoms. The van der Waals surface area contributed by atoms with Crippen molar-refractivity contribution in [3.05, 3.63) is 88.1 Å². The molecule has 2 aromatic carbocycles. The normalized spacial score (nSPS) is 10.4. The van der Waals surface area contributed by atoms with Gasteiger partial charge in [-0.1, -0.05) is 17.4 Å². The van der Waals surface area contributed by atoms with Gasteiger partial charge in [-0.05, 0) is 48.5 Å². The Balaban J connectivity index is 1.29. The van der Waals surface area contributed by atoms with Gasteiger partial charge in [-0.15, -0.1) is 10.2 Å². The van der Waals surface area contributed by atoms with E-state index in [1.807, 2.05) is 18.2 Å². The van der Waals surface area contributed by atoms with Gasteiger partial charge in [0, 0.05) is 23.5 Å². The third kappa shape index (κ3) is 6.33. The lowest BCUT2D eigenvalue weighted by molar-refractivity contribution is 0.0950. The van der Waals surface area contributed by atoms with Crippen LogP contribution in [-0.4, -0.2) is 41.2 Å². The third-order valence-electron chi connectivity index (χ3n) is 4.94. The van der Waals surface area contributed by atoms with E-state index in [9.17, 15) is 9.59 Å². The molecular formula is C25H23N5O5S. The van der Waals surface area contributed by atoms with E-state index in [1.165, 1.54) is 0 Å².